The highest BCUT2D eigenvalue weighted by Crippen LogP contribution is 2.25. The molecule has 0 atom stereocenters. The number of hydrogen-bond acceptors (Lipinski definition) is 3. The second-order valence-electron chi connectivity index (χ2n) is 3.44. The van der Waals surface area contributed by atoms with Crippen molar-refractivity contribution in [1.29, 1.82) is 0 Å². The van der Waals surface area contributed by atoms with Gasteiger partial charge in [0, 0.05) is 10.5 Å². The van der Waals surface area contributed by atoms with Crippen LogP contribution in [0.5, 0.6) is 11.6 Å². The molecule has 0 saturated heterocycles. The Morgan fingerprint density at radius 3 is 2.69 bits per heavy atom. The third-order valence-corrected chi connectivity index (χ3v) is 3.00. The van der Waals surface area contributed by atoms with Crippen LogP contribution in [0, 0.1) is 6.92 Å². The predicted octanol–water partition coefficient (Wildman–Crippen LogP) is 3.53. The molecule has 1 aromatic heterocycles. The molecule has 0 amide bonds. The van der Waals surface area contributed by atoms with Gasteiger partial charge in [-0.2, -0.15) is 0 Å². The first kappa shape index (κ1) is 11.0. The van der Waals surface area contributed by atoms with Crippen molar-refractivity contribution in [3.8, 4) is 11.6 Å². The summed E-state index contributed by atoms with van der Waals surface area (Å²) in [5.41, 5.74) is 7.28. The summed E-state index contributed by atoms with van der Waals surface area (Å²) in [7, 11) is 0. The zero-order valence-corrected chi connectivity index (χ0v) is 10.4. The molecule has 0 aliphatic rings. The van der Waals surface area contributed by atoms with Crippen LogP contribution in [0.3, 0.4) is 0 Å². The van der Waals surface area contributed by atoms with Gasteiger partial charge in [0.05, 0.1) is 11.9 Å². The highest BCUT2D eigenvalue weighted by Gasteiger charge is 2.00. The normalized spacial score (nSPS) is 10.1. The largest absolute Gasteiger partial charge is 0.439 e. The van der Waals surface area contributed by atoms with E-state index in [0.29, 0.717) is 11.6 Å². The SMILES string of the molecule is Cc1cc(Oc2ccc(N)cn2)ccc1Br. The third kappa shape index (κ3) is 2.52. The molecule has 2 rings (SSSR count). The van der Waals surface area contributed by atoms with Crippen LogP contribution in [0.2, 0.25) is 0 Å². The maximum Gasteiger partial charge on any atom is 0.219 e. The molecule has 0 spiro atoms. The van der Waals surface area contributed by atoms with Gasteiger partial charge in [-0.1, -0.05) is 15.9 Å². The van der Waals surface area contributed by atoms with Crippen LogP contribution in [0.15, 0.2) is 41.0 Å². The van der Waals surface area contributed by atoms with Gasteiger partial charge in [0.15, 0.2) is 0 Å². The summed E-state index contributed by atoms with van der Waals surface area (Å²) in [6.45, 7) is 2.01. The van der Waals surface area contributed by atoms with Gasteiger partial charge in [0.2, 0.25) is 5.88 Å². The van der Waals surface area contributed by atoms with E-state index in [1.165, 1.54) is 0 Å². The molecule has 0 bridgehead atoms. The molecule has 0 aliphatic heterocycles. The Morgan fingerprint density at radius 1 is 1.25 bits per heavy atom. The van der Waals surface area contributed by atoms with Crippen molar-refractivity contribution in [2.45, 2.75) is 6.92 Å². The summed E-state index contributed by atoms with van der Waals surface area (Å²) in [5, 5.41) is 0. The van der Waals surface area contributed by atoms with Crippen molar-refractivity contribution >= 4 is 21.6 Å². The molecule has 0 fully saturated rings. The summed E-state index contributed by atoms with van der Waals surface area (Å²) >= 11 is 3.44. The highest BCUT2D eigenvalue weighted by atomic mass is 79.9. The summed E-state index contributed by atoms with van der Waals surface area (Å²) < 4.78 is 6.64. The fourth-order valence-electron chi connectivity index (χ4n) is 1.25. The maximum atomic E-state index is 5.58. The summed E-state index contributed by atoms with van der Waals surface area (Å²) in [6.07, 6.45) is 1.57. The molecule has 4 heteroatoms. The number of hydrogen-bond donors (Lipinski definition) is 1. The monoisotopic (exact) mass is 278 g/mol. The molecule has 2 aromatic rings. The lowest BCUT2D eigenvalue weighted by Gasteiger charge is -2.06. The van der Waals surface area contributed by atoms with Crippen LogP contribution in [0.4, 0.5) is 5.69 Å². The van der Waals surface area contributed by atoms with Gasteiger partial charge >= 0.3 is 0 Å². The molecule has 0 unspecified atom stereocenters. The first-order valence-corrected chi connectivity index (χ1v) is 5.60. The van der Waals surface area contributed by atoms with E-state index in [-0.39, 0.29) is 0 Å². The Morgan fingerprint density at radius 2 is 2.06 bits per heavy atom. The number of rotatable bonds is 2. The molecular weight excluding hydrogens is 268 g/mol. The van der Waals surface area contributed by atoms with Crippen LogP contribution in [-0.4, -0.2) is 4.98 Å². The van der Waals surface area contributed by atoms with E-state index in [0.717, 1.165) is 15.8 Å². The topological polar surface area (TPSA) is 48.1 Å². The van der Waals surface area contributed by atoms with Gasteiger partial charge in [0.25, 0.3) is 0 Å². The summed E-state index contributed by atoms with van der Waals surface area (Å²) in [5.74, 6) is 1.30. The van der Waals surface area contributed by atoms with Crippen molar-refractivity contribution in [3.05, 3.63) is 46.6 Å². The Hall–Kier alpha value is -1.55. The number of anilines is 1. The third-order valence-electron chi connectivity index (χ3n) is 2.11. The lowest BCUT2D eigenvalue weighted by atomic mass is 10.2. The molecule has 0 radical (unpaired) electrons. The first-order chi connectivity index (χ1) is 7.65. The minimum atomic E-state index is 0.538. The fourth-order valence-corrected chi connectivity index (χ4v) is 1.50. The second-order valence-corrected chi connectivity index (χ2v) is 4.30. The molecule has 2 N–H and O–H groups in total. The molecule has 82 valence electrons. The highest BCUT2D eigenvalue weighted by molar-refractivity contribution is 9.10. The van der Waals surface area contributed by atoms with E-state index in [1.54, 1.807) is 18.3 Å². The summed E-state index contributed by atoms with van der Waals surface area (Å²) in [6, 6.07) is 9.28. The second kappa shape index (κ2) is 4.53. The lowest BCUT2D eigenvalue weighted by molar-refractivity contribution is 0.462. The molecular formula is C12H11BrN2O. The van der Waals surface area contributed by atoms with Crippen LogP contribution in [0.25, 0.3) is 0 Å². The number of benzene rings is 1. The quantitative estimate of drug-likeness (QED) is 0.914. The number of pyridine rings is 1. The molecule has 1 aromatic carbocycles. The Kier molecular flexibility index (Phi) is 3.10. The zero-order chi connectivity index (χ0) is 11.5. The number of ether oxygens (including phenoxy) is 1. The predicted molar refractivity (Wildman–Crippen MR) is 67.6 cm³/mol. The maximum absolute atomic E-state index is 5.58. The van der Waals surface area contributed by atoms with Crippen molar-refractivity contribution < 1.29 is 4.74 Å². The van der Waals surface area contributed by atoms with Crippen molar-refractivity contribution in [3.63, 3.8) is 0 Å². The van der Waals surface area contributed by atoms with Gasteiger partial charge in [0.1, 0.15) is 5.75 Å². The average molecular weight is 279 g/mol. The number of nitrogens with two attached hydrogens (primary N) is 1. The van der Waals surface area contributed by atoms with Gasteiger partial charge in [-0.3, -0.25) is 0 Å². The van der Waals surface area contributed by atoms with E-state index < -0.39 is 0 Å². The number of nitrogens with zero attached hydrogens (tertiary/aromatic N) is 1. The van der Waals surface area contributed by atoms with Crippen LogP contribution >= 0.6 is 15.9 Å². The Labute approximate surface area is 102 Å². The lowest BCUT2D eigenvalue weighted by Crippen LogP contribution is -1.90. The smallest absolute Gasteiger partial charge is 0.219 e. The number of halogens is 1. The number of nitrogen functional groups attached to an aromatic ring is 1. The minimum absolute atomic E-state index is 0.538. The molecule has 16 heavy (non-hydrogen) atoms. The molecule has 0 saturated carbocycles. The zero-order valence-electron chi connectivity index (χ0n) is 8.77. The fraction of sp³-hybridized carbons (Fsp3) is 0.0833. The van der Waals surface area contributed by atoms with Crippen molar-refractivity contribution in [2.75, 3.05) is 5.73 Å². The standard InChI is InChI=1S/C12H11BrN2O/c1-8-6-10(3-4-11(8)13)16-12-5-2-9(14)7-15-12/h2-7H,14H2,1H3. The number of aryl methyl sites for hydroxylation is 1. The van der Waals surface area contributed by atoms with E-state index in [2.05, 4.69) is 20.9 Å². The minimum Gasteiger partial charge on any atom is -0.439 e. The Balaban J connectivity index is 2.20. The Bertz CT molecular complexity index is 497. The van der Waals surface area contributed by atoms with E-state index in [4.69, 9.17) is 10.5 Å². The van der Waals surface area contributed by atoms with Crippen molar-refractivity contribution in [2.24, 2.45) is 0 Å². The van der Waals surface area contributed by atoms with E-state index in [1.807, 2.05) is 25.1 Å². The van der Waals surface area contributed by atoms with Crippen molar-refractivity contribution in [1.82, 2.24) is 4.98 Å². The van der Waals surface area contributed by atoms with Crippen LogP contribution in [0.1, 0.15) is 5.56 Å². The molecule has 0 aliphatic carbocycles. The van der Waals surface area contributed by atoms with Crippen LogP contribution in [-0.2, 0) is 0 Å². The average Bonchev–Trinajstić information content (AvgIpc) is 2.27. The van der Waals surface area contributed by atoms with Gasteiger partial charge in [-0.25, -0.2) is 4.98 Å². The molecule has 1 heterocycles. The first-order valence-electron chi connectivity index (χ1n) is 4.81. The van der Waals surface area contributed by atoms with Gasteiger partial charge in [-0.05, 0) is 36.8 Å². The molecule has 3 nitrogen and oxygen atoms in total. The summed E-state index contributed by atoms with van der Waals surface area (Å²) in [4.78, 5) is 4.07. The van der Waals surface area contributed by atoms with Crippen LogP contribution < -0.4 is 10.5 Å². The number of aromatic nitrogens is 1. The van der Waals surface area contributed by atoms with Gasteiger partial charge < -0.3 is 10.5 Å². The van der Waals surface area contributed by atoms with E-state index in [9.17, 15) is 0 Å². The van der Waals surface area contributed by atoms with Gasteiger partial charge in [-0.15, -0.1) is 0 Å². The van der Waals surface area contributed by atoms with E-state index >= 15 is 0 Å².